The lowest BCUT2D eigenvalue weighted by Crippen LogP contribution is -2.34. The number of rotatable bonds is 3. The highest BCUT2D eigenvalue weighted by molar-refractivity contribution is 7.91. The van der Waals surface area contributed by atoms with E-state index < -0.39 is 36.3 Å². The van der Waals surface area contributed by atoms with Crippen LogP contribution >= 0.6 is 0 Å². The number of aromatic amines is 1. The van der Waals surface area contributed by atoms with Crippen LogP contribution in [0, 0.1) is 0 Å². The molecule has 3 rings (SSSR count). The van der Waals surface area contributed by atoms with Gasteiger partial charge in [0.25, 0.3) is 10.1 Å². The first kappa shape index (κ1) is 19.9. The maximum atomic E-state index is 12.7. The summed E-state index contributed by atoms with van der Waals surface area (Å²) < 4.78 is 67.9. The lowest BCUT2D eigenvalue weighted by atomic mass is 9.92. The van der Waals surface area contributed by atoms with E-state index in [0.29, 0.717) is 6.08 Å². The van der Waals surface area contributed by atoms with E-state index in [1.54, 1.807) is 6.07 Å². The normalized spacial score (nSPS) is 19.0. The molecule has 1 heterocycles. The number of anilines is 1. The van der Waals surface area contributed by atoms with E-state index in [1.807, 2.05) is 0 Å². The summed E-state index contributed by atoms with van der Waals surface area (Å²) in [5.74, 6) is -0.658. The third-order valence-corrected chi connectivity index (χ3v) is 6.19. The fourth-order valence-corrected chi connectivity index (χ4v) is 4.76. The molecule has 10 nitrogen and oxygen atoms in total. The van der Waals surface area contributed by atoms with Crippen LogP contribution in [0.5, 0.6) is 0 Å². The number of fused-ring (bicyclic) bond motifs is 1. The largest absolute Gasteiger partial charge is 0.436 e. The summed E-state index contributed by atoms with van der Waals surface area (Å²) in [7, 11) is -8.53. The monoisotopic (exact) mass is 426 g/mol. The highest BCUT2D eigenvalue weighted by Crippen LogP contribution is 2.38. The van der Waals surface area contributed by atoms with Crippen LogP contribution in [0.2, 0.25) is 0 Å². The molecule has 0 aliphatic heterocycles. The van der Waals surface area contributed by atoms with Gasteiger partial charge in [0.05, 0.1) is 5.56 Å². The van der Waals surface area contributed by atoms with Crippen molar-refractivity contribution in [2.45, 2.75) is 5.25 Å². The molecule has 1 aromatic heterocycles. The fourth-order valence-electron chi connectivity index (χ4n) is 3.06. The zero-order valence-corrected chi connectivity index (χ0v) is 16.0. The average Bonchev–Trinajstić information content (AvgIpc) is 3.12. The first-order valence-corrected chi connectivity index (χ1v) is 10.7. The Kier molecular flexibility index (Phi) is 4.75. The number of hydrogen-bond acceptors (Lipinski definition) is 6. The Labute approximate surface area is 160 Å². The summed E-state index contributed by atoms with van der Waals surface area (Å²) in [6, 6.07) is 7.13. The van der Waals surface area contributed by atoms with E-state index in [9.17, 15) is 30.7 Å². The molecular formula is C16H16N3O7S2+. The Morgan fingerprint density at radius 2 is 1.82 bits per heavy atom. The molecule has 1 aliphatic carbocycles. The second kappa shape index (κ2) is 6.67. The summed E-state index contributed by atoms with van der Waals surface area (Å²) in [4.78, 5) is 14.6. The maximum absolute atomic E-state index is 12.7. The minimum atomic E-state index is -4.99. The van der Waals surface area contributed by atoms with Crippen molar-refractivity contribution in [1.29, 1.82) is 0 Å². The molecule has 0 saturated heterocycles. The van der Waals surface area contributed by atoms with E-state index in [-0.39, 0.29) is 28.2 Å². The van der Waals surface area contributed by atoms with Gasteiger partial charge in [-0.1, -0.05) is 12.1 Å². The van der Waals surface area contributed by atoms with Crippen molar-refractivity contribution < 1.29 is 35.3 Å². The van der Waals surface area contributed by atoms with Crippen LogP contribution in [0.15, 0.2) is 47.5 Å². The SMILES string of the molecule is C[N+](C(=O)c1ccc[nH]1)=C1C(S(=O)(=O)O)=CC(S(=O)(=O)O)c2cccc(N)c21. The third kappa shape index (κ3) is 3.38. The quantitative estimate of drug-likeness (QED) is 0.314. The zero-order chi connectivity index (χ0) is 20.9. The number of benzene rings is 1. The number of allylic oxidation sites excluding steroid dienone is 1. The van der Waals surface area contributed by atoms with Crippen LogP contribution in [0.3, 0.4) is 0 Å². The number of carbonyl (C=O) groups excluding carboxylic acids is 1. The predicted octanol–water partition coefficient (Wildman–Crippen LogP) is 0.583. The predicted molar refractivity (Wildman–Crippen MR) is 100 cm³/mol. The molecule has 0 fully saturated rings. The lowest BCUT2D eigenvalue weighted by molar-refractivity contribution is -0.393. The third-order valence-electron chi connectivity index (χ3n) is 4.28. The fraction of sp³-hybridized carbons (Fsp3) is 0.125. The van der Waals surface area contributed by atoms with Crippen molar-refractivity contribution >= 4 is 37.5 Å². The van der Waals surface area contributed by atoms with Crippen molar-refractivity contribution in [3.05, 3.63) is 64.3 Å². The van der Waals surface area contributed by atoms with Crippen molar-refractivity contribution in [2.75, 3.05) is 12.8 Å². The number of nitrogens with two attached hydrogens (primary N) is 1. The number of amides is 1. The first-order chi connectivity index (χ1) is 12.9. The molecule has 1 atom stereocenters. The minimum absolute atomic E-state index is 0.0314. The molecule has 5 N–H and O–H groups in total. The van der Waals surface area contributed by atoms with Gasteiger partial charge in [0.1, 0.15) is 12.3 Å². The molecule has 28 heavy (non-hydrogen) atoms. The van der Waals surface area contributed by atoms with Crippen LogP contribution in [0.25, 0.3) is 0 Å². The number of aromatic nitrogens is 1. The van der Waals surface area contributed by atoms with E-state index in [1.165, 1.54) is 37.5 Å². The molecule has 1 aromatic carbocycles. The van der Waals surface area contributed by atoms with Crippen LogP contribution in [0.1, 0.15) is 26.9 Å². The first-order valence-electron chi connectivity index (χ1n) is 7.76. The van der Waals surface area contributed by atoms with E-state index in [4.69, 9.17) is 5.73 Å². The number of H-pyrrole nitrogens is 1. The molecule has 1 aliphatic rings. The van der Waals surface area contributed by atoms with Gasteiger partial charge < -0.3 is 10.7 Å². The number of nitrogen functional groups attached to an aromatic ring is 1. The Hall–Kier alpha value is -2.80. The number of carbonyl (C=O) groups is 1. The van der Waals surface area contributed by atoms with Gasteiger partial charge in [0, 0.05) is 11.9 Å². The molecule has 0 spiro atoms. The number of hydrogen-bond donors (Lipinski definition) is 4. The molecular weight excluding hydrogens is 410 g/mol. The molecule has 0 bridgehead atoms. The highest BCUT2D eigenvalue weighted by Gasteiger charge is 2.43. The molecule has 0 radical (unpaired) electrons. The second-order valence-corrected chi connectivity index (χ2v) is 8.98. The van der Waals surface area contributed by atoms with Gasteiger partial charge in [-0.3, -0.25) is 9.11 Å². The summed E-state index contributed by atoms with van der Waals surface area (Å²) in [6.45, 7) is 0. The zero-order valence-electron chi connectivity index (χ0n) is 14.4. The number of nitrogens with one attached hydrogen (secondary N) is 1. The van der Waals surface area contributed by atoms with Gasteiger partial charge in [-0.05, 0) is 29.8 Å². The Balaban J connectivity index is 2.44. The van der Waals surface area contributed by atoms with Crippen LogP contribution in [0.4, 0.5) is 5.69 Å². The highest BCUT2D eigenvalue weighted by atomic mass is 32.2. The van der Waals surface area contributed by atoms with E-state index in [0.717, 1.165) is 4.58 Å². The molecule has 2 aromatic rings. The molecule has 148 valence electrons. The average molecular weight is 426 g/mol. The smallest absolute Gasteiger partial charge is 0.398 e. The summed E-state index contributed by atoms with van der Waals surface area (Å²) >= 11 is 0. The lowest BCUT2D eigenvalue weighted by Gasteiger charge is -2.22. The summed E-state index contributed by atoms with van der Waals surface area (Å²) in [5, 5.41) is -1.79. The van der Waals surface area contributed by atoms with E-state index >= 15 is 0 Å². The van der Waals surface area contributed by atoms with Crippen LogP contribution < -0.4 is 5.73 Å². The van der Waals surface area contributed by atoms with Gasteiger partial charge in [0.15, 0.2) is 10.6 Å². The standard InChI is InChI=1S/C16H15N3O7S2/c1-19(16(20)11-6-3-7-18-11)15-13(28(24,25)26)8-12(27(21,22)23)9-4-2-5-10(17)14(9)15/h2-8,12,17H,1H3,(H3,18,20,21,22,23,24,25,26)/p+1. The minimum Gasteiger partial charge on any atom is -0.398 e. The molecule has 1 unspecified atom stereocenters. The van der Waals surface area contributed by atoms with Crippen molar-refractivity contribution in [1.82, 2.24) is 4.98 Å². The van der Waals surface area contributed by atoms with Gasteiger partial charge in [0.2, 0.25) is 5.71 Å². The van der Waals surface area contributed by atoms with Crippen molar-refractivity contribution in [3.8, 4) is 0 Å². The van der Waals surface area contributed by atoms with Crippen LogP contribution in [-0.4, -0.2) is 54.2 Å². The van der Waals surface area contributed by atoms with Crippen molar-refractivity contribution in [3.63, 3.8) is 0 Å². The summed E-state index contributed by atoms with van der Waals surface area (Å²) in [5.41, 5.74) is 5.60. The maximum Gasteiger partial charge on any atom is 0.436 e. The Morgan fingerprint density at radius 1 is 1.14 bits per heavy atom. The molecule has 12 heteroatoms. The molecule has 1 amide bonds. The Morgan fingerprint density at radius 3 is 2.36 bits per heavy atom. The van der Waals surface area contributed by atoms with Gasteiger partial charge in [-0.15, -0.1) is 0 Å². The topological polar surface area (TPSA) is 171 Å². The Bertz CT molecular complexity index is 1240. The van der Waals surface area contributed by atoms with Gasteiger partial charge in [-0.25, -0.2) is 4.79 Å². The van der Waals surface area contributed by atoms with Crippen molar-refractivity contribution in [2.24, 2.45) is 0 Å². The number of nitrogens with zero attached hydrogens (tertiary/aromatic N) is 1. The molecule has 0 saturated carbocycles. The van der Waals surface area contributed by atoms with Gasteiger partial charge in [-0.2, -0.15) is 21.4 Å². The van der Waals surface area contributed by atoms with Gasteiger partial charge >= 0.3 is 16.0 Å². The second-order valence-electron chi connectivity index (χ2n) is 6.05. The van der Waals surface area contributed by atoms with E-state index in [2.05, 4.69) is 4.98 Å². The van der Waals surface area contributed by atoms with Crippen LogP contribution in [-0.2, 0) is 20.2 Å². The summed E-state index contributed by atoms with van der Waals surface area (Å²) in [6.07, 6.45) is 2.16.